The topological polar surface area (TPSA) is 74.8 Å². The van der Waals surface area contributed by atoms with E-state index in [9.17, 15) is 9.59 Å². The predicted octanol–water partition coefficient (Wildman–Crippen LogP) is 5.28. The van der Waals surface area contributed by atoms with Gasteiger partial charge in [0.25, 0.3) is 5.56 Å². The van der Waals surface area contributed by atoms with Crippen LogP contribution < -0.4 is 10.9 Å². The van der Waals surface area contributed by atoms with E-state index in [0.717, 1.165) is 35.0 Å². The Kier molecular flexibility index (Phi) is 6.72. The number of benzene rings is 1. The average molecular weight is 482 g/mol. The summed E-state index contributed by atoms with van der Waals surface area (Å²) in [6, 6.07) is 5.05. The van der Waals surface area contributed by atoms with Crippen LogP contribution >= 0.6 is 46.3 Å². The molecular formula is C21H21Cl2N3O2S2. The molecule has 1 amide bonds. The largest absolute Gasteiger partial charge is 0.350 e. The summed E-state index contributed by atoms with van der Waals surface area (Å²) in [5.74, 6) is 1.82. The third-order valence-corrected chi connectivity index (χ3v) is 7.86. The summed E-state index contributed by atoms with van der Waals surface area (Å²) in [6.07, 6.45) is 3.52. The Bertz CT molecular complexity index is 1160. The van der Waals surface area contributed by atoms with Gasteiger partial charge in [0, 0.05) is 27.1 Å². The number of hydrogen-bond acceptors (Lipinski definition) is 5. The molecular weight excluding hydrogens is 461 g/mol. The average Bonchev–Trinajstić information content (AvgIpc) is 3.25. The highest BCUT2D eigenvalue weighted by atomic mass is 35.5. The van der Waals surface area contributed by atoms with Crippen molar-refractivity contribution in [3.63, 3.8) is 0 Å². The van der Waals surface area contributed by atoms with Crippen LogP contribution in [0.3, 0.4) is 0 Å². The fraction of sp³-hybridized carbons (Fsp3) is 0.381. The summed E-state index contributed by atoms with van der Waals surface area (Å²) >= 11 is 15.3. The van der Waals surface area contributed by atoms with Crippen molar-refractivity contribution in [3.8, 4) is 0 Å². The number of aromatic nitrogens is 2. The van der Waals surface area contributed by atoms with E-state index in [-0.39, 0.29) is 17.5 Å². The third-order valence-electron chi connectivity index (χ3n) is 5.14. The highest BCUT2D eigenvalue weighted by molar-refractivity contribution is 7.98. The van der Waals surface area contributed by atoms with Crippen LogP contribution in [-0.4, -0.2) is 21.6 Å². The molecule has 1 unspecified atom stereocenters. The van der Waals surface area contributed by atoms with Crippen molar-refractivity contribution in [1.82, 2.24) is 15.3 Å². The lowest BCUT2D eigenvalue weighted by Gasteiger charge is -2.16. The zero-order valence-corrected chi connectivity index (χ0v) is 19.5. The fourth-order valence-corrected chi connectivity index (χ4v) is 6.35. The van der Waals surface area contributed by atoms with Gasteiger partial charge in [0.2, 0.25) is 5.91 Å². The molecule has 30 heavy (non-hydrogen) atoms. The smallest absolute Gasteiger partial charge is 0.259 e. The number of carbonyl (C=O) groups is 1. The lowest BCUT2D eigenvalue weighted by Crippen LogP contribution is -2.27. The number of hydrogen-bond donors (Lipinski definition) is 2. The van der Waals surface area contributed by atoms with Crippen molar-refractivity contribution in [2.75, 3.05) is 5.75 Å². The molecule has 4 rings (SSSR count). The number of thioether (sulfide) groups is 1. The minimum Gasteiger partial charge on any atom is -0.350 e. The Morgan fingerprint density at radius 2 is 2.20 bits per heavy atom. The molecule has 1 aliphatic rings. The van der Waals surface area contributed by atoms with Gasteiger partial charge in [-0.25, -0.2) is 4.98 Å². The first kappa shape index (κ1) is 21.7. The number of rotatable bonds is 7. The minimum absolute atomic E-state index is 0.0404. The molecule has 0 fully saturated rings. The van der Waals surface area contributed by atoms with Crippen LogP contribution in [0.1, 0.15) is 47.6 Å². The van der Waals surface area contributed by atoms with Crippen LogP contribution in [0.4, 0.5) is 0 Å². The molecule has 1 atom stereocenters. The van der Waals surface area contributed by atoms with Gasteiger partial charge in [0.1, 0.15) is 10.7 Å². The molecule has 2 heterocycles. The van der Waals surface area contributed by atoms with Crippen LogP contribution in [0, 0.1) is 0 Å². The number of H-pyrrole nitrogens is 1. The van der Waals surface area contributed by atoms with E-state index in [1.807, 2.05) is 13.0 Å². The maximum atomic E-state index is 12.5. The zero-order chi connectivity index (χ0) is 21.3. The molecule has 3 aromatic rings. The van der Waals surface area contributed by atoms with E-state index in [4.69, 9.17) is 23.2 Å². The second kappa shape index (κ2) is 9.30. The monoisotopic (exact) mass is 481 g/mol. The van der Waals surface area contributed by atoms with E-state index in [0.29, 0.717) is 33.8 Å². The Labute approximate surface area is 192 Å². The van der Waals surface area contributed by atoms with Crippen molar-refractivity contribution >= 4 is 62.4 Å². The van der Waals surface area contributed by atoms with Gasteiger partial charge in [-0.3, -0.25) is 9.59 Å². The van der Waals surface area contributed by atoms with Crippen molar-refractivity contribution in [2.45, 2.75) is 44.4 Å². The van der Waals surface area contributed by atoms with Crippen molar-refractivity contribution in [3.05, 3.63) is 60.4 Å². The normalized spacial score (nSPS) is 14.1. The second-order valence-corrected chi connectivity index (χ2v) is 10.3. The van der Waals surface area contributed by atoms with Crippen molar-refractivity contribution < 1.29 is 4.79 Å². The van der Waals surface area contributed by atoms with Gasteiger partial charge in [0.05, 0.1) is 17.2 Å². The van der Waals surface area contributed by atoms with Gasteiger partial charge in [-0.2, -0.15) is 11.8 Å². The zero-order valence-electron chi connectivity index (χ0n) is 16.4. The van der Waals surface area contributed by atoms with Crippen LogP contribution in [-0.2, 0) is 23.4 Å². The van der Waals surface area contributed by atoms with Crippen molar-refractivity contribution in [2.24, 2.45) is 0 Å². The molecule has 0 aliphatic heterocycles. The van der Waals surface area contributed by atoms with Gasteiger partial charge in [-0.1, -0.05) is 29.3 Å². The standard InChI is InChI=1S/C21H21Cl2N3O2S2/c1-11(13-6-5-12(22)9-15(13)23)24-18(27)7-8-29-10-17-25-20(28)19-14-3-2-4-16(14)30-21(19)26-17/h5-6,9,11H,2-4,7-8,10H2,1H3,(H,24,27)(H,25,26,28). The number of nitrogens with zero attached hydrogens (tertiary/aromatic N) is 1. The van der Waals surface area contributed by atoms with E-state index in [1.54, 1.807) is 35.2 Å². The Hall–Kier alpha value is -1.54. The van der Waals surface area contributed by atoms with Crippen molar-refractivity contribution in [1.29, 1.82) is 0 Å². The van der Waals surface area contributed by atoms with Crippen LogP contribution in [0.5, 0.6) is 0 Å². The summed E-state index contributed by atoms with van der Waals surface area (Å²) in [7, 11) is 0. The van der Waals surface area contributed by atoms with Gasteiger partial charge in [0.15, 0.2) is 0 Å². The van der Waals surface area contributed by atoms with Crippen LogP contribution in [0.15, 0.2) is 23.0 Å². The highest BCUT2D eigenvalue weighted by Gasteiger charge is 2.21. The molecule has 2 N–H and O–H groups in total. The van der Waals surface area contributed by atoms with Gasteiger partial charge in [-0.05, 0) is 49.4 Å². The molecule has 9 heteroatoms. The number of aryl methyl sites for hydroxylation is 2. The Morgan fingerprint density at radius 3 is 3.00 bits per heavy atom. The molecule has 158 valence electrons. The Balaban J connectivity index is 1.28. The maximum Gasteiger partial charge on any atom is 0.259 e. The second-order valence-electron chi connectivity index (χ2n) is 7.31. The predicted molar refractivity (Wildman–Crippen MR) is 126 cm³/mol. The lowest BCUT2D eigenvalue weighted by atomic mass is 10.1. The lowest BCUT2D eigenvalue weighted by molar-refractivity contribution is -0.121. The molecule has 0 spiro atoms. The molecule has 0 bridgehead atoms. The molecule has 5 nitrogen and oxygen atoms in total. The number of halogens is 2. The highest BCUT2D eigenvalue weighted by Crippen LogP contribution is 2.34. The molecule has 0 saturated heterocycles. The first-order valence-electron chi connectivity index (χ1n) is 9.78. The number of carbonyl (C=O) groups excluding carboxylic acids is 1. The fourth-order valence-electron chi connectivity index (χ4n) is 3.69. The number of thiophene rings is 1. The maximum absolute atomic E-state index is 12.5. The summed E-state index contributed by atoms with van der Waals surface area (Å²) in [5, 5.41) is 4.83. The quantitative estimate of drug-likeness (QED) is 0.450. The number of aromatic amines is 1. The number of fused-ring (bicyclic) bond motifs is 3. The SMILES string of the molecule is CC(NC(=O)CCSCc1nc2sc3c(c2c(=O)[nH]1)CCC3)c1ccc(Cl)cc1Cl. The first-order chi connectivity index (χ1) is 14.4. The van der Waals surface area contributed by atoms with E-state index < -0.39 is 0 Å². The van der Waals surface area contributed by atoms with Crippen LogP contribution in [0.2, 0.25) is 10.0 Å². The van der Waals surface area contributed by atoms with Gasteiger partial charge >= 0.3 is 0 Å². The van der Waals surface area contributed by atoms with Crippen LogP contribution in [0.25, 0.3) is 10.2 Å². The van der Waals surface area contributed by atoms with E-state index >= 15 is 0 Å². The van der Waals surface area contributed by atoms with Gasteiger partial charge in [-0.15, -0.1) is 11.3 Å². The summed E-state index contributed by atoms with van der Waals surface area (Å²) in [6.45, 7) is 1.89. The summed E-state index contributed by atoms with van der Waals surface area (Å²) < 4.78 is 0. The van der Waals surface area contributed by atoms with E-state index in [2.05, 4.69) is 15.3 Å². The third kappa shape index (κ3) is 4.69. The van der Waals surface area contributed by atoms with E-state index in [1.165, 1.54) is 10.4 Å². The first-order valence-corrected chi connectivity index (χ1v) is 12.5. The molecule has 0 radical (unpaired) electrons. The summed E-state index contributed by atoms with van der Waals surface area (Å²) in [4.78, 5) is 34.4. The molecule has 0 saturated carbocycles. The molecule has 1 aromatic carbocycles. The minimum atomic E-state index is -0.200. The summed E-state index contributed by atoms with van der Waals surface area (Å²) in [5.41, 5.74) is 1.98. The van der Waals surface area contributed by atoms with Gasteiger partial charge < -0.3 is 10.3 Å². The number of nitrogens with one attached hydrogen (secondary N) is 2. The molecule has 1 aliphatic carbocycles. The Morgan fingerprint density at radius 1 is 1.37 bits per heavy atom. The molecule has 2 aromatic heterocycles. The number of amides is 1.